The third-order valence-corrected chi connectivity index (χ3v) is 4.15. The van der Waals surface area contributed by atoms with Crippen molar-refractivity contribution in [2.45, 2.75) is 46.1 Å². The lowest BCUT2D eigenvalue weighted by Crippen LogP contribution is -2.33. The highest BCUT2D eigenvalue weighted by Gasteiger charge is 2.27. The molecule has 1 atom stereocenters. The maximum absolute atomic E-state index is 5.87. The number of aryl methyl sites for hydroxylation is 1. The van der Waals surface area contributed by atoms with Crippen molar-refractivity contribution >= 4 is 0 Å². The number of rotatable bonds is 7. The zero-order chi connectivity index (χ0) is 15.1. The summed E-state index contributed by atoms with van der Waals surface area (Å²) < 4.78 is 11.4. The molecule has 1 aliphatic heterocycles. The number of hydrogen-bond donors (Lipinski definition) is 1. The van der Waals surface area contributed by atoms with Crippen molar-refractivity contribution in [2.24, 2.45) is 5.92 Å². The van der Waals surface area contributed by atoms with Crippen molar-refractivity contribution in [3.8, 4) is 5.75 Å². The van der Waals surface area contributed by atoms with Crippen molar-refractivity contribution in [2.75, 3.05) is 26.4 Å². The van der Waals surface area contributed by atoms with Gasteiger partial charge >= 0.3 is 0 Å². The Morgan fingerprint density at radius 3 is 2.71 bits per heavy atom. The van der Waals surface area contributed by atoms with Gasteiger partial charge in [0, 0.05) is 24.8 Å². The van der Waals surface area contributed by atoms with Gasteiger partial charge in [0.2, 0.25) is 0 Å². The van der Waals surface area contributed by atoms with Crippen LogP contribution in [0.3, 0.4) is 0 Å². The van der Waals surface area contributed by atoms with Crippen molar-refractivity contribution in [3.63, 3.8) is 0 Å². The largest absolute Gasteiger partial charge is 0.494 e. The highest BCUT2D eigenvalue weighted by Crippen LogP contribution is 2.35. The molecule has 0 radical (unpaired) electrons. The topological polar surface area (TPSA) is 30.5 Å². The summed E-state index contributed by atoms with van der Waals surface area (Å²) in [4.78, 5) is 0. The minimum absolute atomic E-state index is 0.371. The molecular weight excluding hydrogens is 262 g/mol. The van der Waals surface area contributed by atoms with Crippen LogP contribution in [0.4, 0.5) is 0 Å². The van der Waals surface area contributed by atoms with E-state index in [0.29, 0.717) is 18.6 Å². The summed E-state index contributed by atoms with van der Waals surface area (Å²) in [6.07, 6.45) is 3.40. The first-order chi connectivity index (χ1) is 10.3. The van der Waals surface area contributed by atoms with Crippen LogP contribution < -0.4 is 10.1 Å². The van der Waals surface area contributed by atoms with Crippen LogP contribution >= 0.6 is 0 Å². The molecule has 0 amide bonds. The van der Waals surface area contributed by atoms with E-state index in [-0.39, 0.29) is 0 Å². The average molecular weight is 291 g/mol. The molecule has 0 aliphatic carbocycles. The summed E-state index contributed by atoms with van der Waals surface area (Å²) in [6, 6.07) is 6.91. The quantitative estimate of drug-likeness (QED) is 0.827. The summed E-state index contributed by atoms with van der Waals surface area (Å²) in [5.41, 5.74) is 2.61. The van der Waals surface area contributed by atoms with Gasteiger partial charge in [-0.15, -0.1) is 0 Å². The van der Waals surface area contributed by atoms with Crippen LogP contribution in [0.1, 0.15) is 50.3 Å². The first-order valence-electron chi connectivity index (χ1n) is 8.30. The smallest absolute Gasteiger partial charge is 0.124 e. The van der Waals surface area contributed by atoms with Crippen LogP contribution in [0.5, 0.6) is 5.75 Å². The molecule has 3 heteroatoms. The van der Waals surface area contributed by atoms with Crippen molar-refractivity contribution in [1.82, 2.24) is 5.32 Å². The van der Waals surface area contributed by atoms with Gasteiger partial charge in [-0.1, -0.05) is 24.6 Å². The van der Waals surface area contributed by atoms with Crippen molar-refractivity contribution in [1.29, 1.82) is 0 Å². The van der Waals surface area contributed by atoms with E-state index in [1.807, 2.05) is 6.92 Å². The number of ether oxygens (including phenoxy) is 2. The van der Waals surface area contributed by atoms with Crippen LogP contribution in [0, 0.1) is 12.8 Å². The molecule has 1 fully saturated rings. The number of hydrogen-bond acceptors (Lipinski definition) is 3. The van der Waals surface area contributed by atoms with Gasteiger partial charge in [0.1, 0.15) is 5.75 Å². The average Bonchev–Trinajstić information content (AvgIpc) is 2.51. The fourth-order valence-electron chi connectivity index (χ4n) is 3.08. The second kappa shape index (κ2) is 8.40. The van der Waals surface area contributed by atoms with Gasteiger partial charge in [-0.3, -0.25) is 0 Å². The Morgan fingerprint density at radius 2 is 2.05 bits per heavy atom. The fourth-order valence-corrected chi connectivity index (χ4v) is 3.08. The highest BCUT2D eigenvalue weighted by molar-refractivity contribution is 5.39. The Labute approximate surface area is 129 Å². The van der Waals surface area contributed by atoms with Crippen LogP contribution in [-0.4, -0.2) is 26.4 Å². The lowest BCUT2D eigenvalue weighted by atomic mass is 9.86. The third-order valence-electron chi connectivity index (χ3n) is 4.15. The standard InChI is InChI=1S/C18H29NO2/c1-4-10-19-18(15-8-11-20-12-9-15)16-13-14(3)6-7-17(16)21-5-2/h6-7,13,15,18-19H,4-5,8-12H2,1-3H3. The zero-order valence-electron chi connectivity index (χ0n) is 13.7. The molecule has 118 valence electrons. The van der Waals surface area contributed by atoms with Gasteiger partial charge < -0.3 is 14.8 Å². The summed E-state index contributed by atoms with van der Waals surface area (Å²) in [6.45, 7) is 9.93. The molecule has 3 nitrogen and oxygen atoms in total. The van der Waals surface area contributed by atoms with Gasteiger partial charge in [0.25, 0.3) is 0 Å². The molecular formula is C18H29NO2. The maximum atomic E-state index is 5.87. The molecule has 0 spiro atoms. The number of nitrogens with one attached hydrogen (secondary N) is 1. The minimum atomic E-state index is 0.371. The molecule has 0 aromatic heterocycles. The summed E-state index contributed by atoms with van der Waals surface area (Å²) in [5, 5.41) is 3.75. The highest BCUT2D eigenvalue weighted by atomic mass is 16.5. The number of benzene rings is 1. The second-order valence-electron chi connectivity index (χ2n) is 5.86. The SMILES string of the molecule is CCCNC(c1cc(C)ccc1OCC)C1CCOCC1. The molecule has 21 heavy (non-hydrogen) atoms. The van der Waals surface area contributed by atoms with E-state index in [2.05, 4.69) is 37.4 Å². The lowest BCUT2D eigenvalue weighted by Gasteiger charge is -2.32. The summed E-state index contributed by atoms with van der Waals surface area (Å²) in [5.74, 6) is 1.66. The molecule has 1 heterocycles. The third kappa shape index (κ3) is 4.45. The van der Waals surface area contributed by atoms with Gasteiger partial charge in [-0.25, -0.2) is 0 Å². The molecule has 1 unspecified atom stereocenters. The van der Waals surface area contributed by atoms with Crippen molar-refractivity contribution < 1.29 is 9.47 Å². The van der Waals surface area contributed by atoms with Gasteiger partial charge in [0.15, 0.2) is 0 Å². The molecule has 1 aliphatic rings. The van der Waals surface area contributed by atoms with Crippen LogP contribution in [-0.2, 0) is 4.74 Å². The van der Waals surface area contributed by atoms with E-state index in [4.69, 9.17) is 9.47 Å². The molecule has 0 bridgehead atoms. The molecule has 1 saturated heterocycles. The summed E-state index contributed by atoms with van der Waals surface area (Å²) in [7, 11) is 0. The Balaban J connectivity index is 2.27. The molecule has 0 saturated carbocycles. The Morgan fingerprint density at radius 1 is 1.29 bits per heavy atom. The Bertz CT molecular complexity index is 427. The first-order valence-corrected chi connectivity index (χ1v) is 8.30. The molecule has 1 aromatic rings. The molecule has 1 aromatic carbocycles. The minimum Gasteiger partial charge on any atom is -0.494 e. The van der Waals surface area contributed by atoms with Crippen LogP contribution in [0.25, 0.3) is 0 Å². The van der Waals surface area contributed by atoms with Crippen LogP contribution in [0.2, 0.25) is 0 Å². The zero-order valence-corrected chi connectivity index (χ0v) is 13.7. The van der Waals surface area contributed by atoms with Crippen LogP contribution in [0.15, 0.2) is 18.2 Å². The first kappa shape index (κ1) is 16.3. The molecule has 1 N–H and O–H groups in total. The normalized spacial score (nSPS) is 17.7. The summed E-state index contributed by atoms with van der Waals surface area (Å²) >= 11 is 0. The van der Waals surface area contributed by atoms with Gasteiger partial charge in [-0.05, 0) is 51.6 Å². The van der Waals surface area contributed by atoms with E-state index >= 15 is 0 Å². The predicted molar refractivity (Wildman–Crippen MR) is 86.9 cm³/mol. The van der Waals surface area contributed by atoms with E-state index < -0.39 is 0 Å². The Hall–Kier alpha value is -1.06. The fraction of sp³-hybridized carbons (Fsp3) is 0.667. The van der Waals surface area contributed by atoms with Gasteiger partial charge in [0.05, 0.1) is 6.61 Å². The van der Waals surface area contributed by atoms with E-state index in [1.54, 1.807) is 0 Å². The monoisotopic (exact) mass is 291 g/mol. The lowest BCUT2D eigenvalue weighted by molar-refractivity contribution is 0.0532. The second-order valence-corrected chi connectivity index (χ2v) is 5.86. The van der Waals surface area contributed by atoms with E-state index in [9.17, 15) is 0 Å². The van der Waals surface area contributed by atoms with Crippen molar-refractivity contribution in [3.05, 3.63) is 29.3 Å². The van der Waals surface area contributed by atoms with Gasteiger partial charge in [-0.2, -0.15) is 0 Å². The maximum Gasteiger partial charge on any atom is 0.124 e. The van der Waals surface area contributed by atoms with E-state index in [1.165, 1.54) is 11.1 Å². The van der Waals surface area contributed by atoms with E-state index in [0.717, 1.165) is 44.8 Å². The molecule has 2 rings (SSSR count). The Kier molecular flexibility index (Phi) is 6.52. The predicted octanol–water partition coefficient (Wildman–Crippen LogP) is 3.86.